The molecule has 1 unspecified atom stereocenters. The number of hydrogen-bond acceptors (Lipinski definition) is 6. The molecular formula is C23H20FNO6S. The summed E-state index contributed by atoms with van der Waals surface area (Å²) in [7, 11) is 4.48. The fourth-order valence-corrected chi connectivity index (χ4v) is 5.24. The maximum absolute atomic E-state index is 13.9. The van der Waals surface area contributed by atoms with Gasteiger partial charge in [-0.2, -0.15) is 0 Å². The number of carboxylic acids is 1. The molecule has 1 amide bonds. The van der Waals surface area contributed by atoms with Gasteiger partial charge < -0.3 is 24.6 Å². The van der Waals surface area contributed by atoms with Crippen molar-refractivity contribution in [1.82, 2.24) is 0 Å². The summed E-state index contributed by atoms with van der Waals surface area (Å²) in [5, 5.41) is 12.7. The molecule has 0 bridgehead atoms. The Morgan fingerprint density at radius 2 is 1.88 bits per heavy atom. The number of benzene rings is 2. The number of fused-ring (bicyclic) bond motifs is 1. The Morgan fingerprint density at radius 1 is 1.12 bits per heavy atom. The van der Waals surface area contributed by atoms with E-state index in [0.717, 1.165) is 11.3 Å². The van der Waals surface area contributed by atoms with Crippen molar-refractivity contribution in [1.29, 1.82) is 0 Å². The van der Waals surface area contributed by atoms with Crippen molar-refractivity contribution in [3.8, 4) is 28.4 Å². The van der Waals surface area contributed by atoms with E-state index in [-0.39, 0.29) is 22.8 Å². The second-order valence-electron chi connectivity index (χ2n) is 7.09. The second-order valence-corrected chi connectivity index (χ2v) is 8.14. The summed E-state index contributed by atoms with van der Waals surface area (Å²) in [5.74, 6) is -1.19. The van der Waals surface area contributed by atoms with Crippen molar-refractivity contribution in [3.05, 3.63) is 57.5 Å². The number of carbonyl (C=O) groups excluding carboxylic acids is 1. The van der Waals surface area contributed by atoms with Gasteiger partial charge in [-0.3, -0.25) is 4.79 Å². The molecule has 9 heteroatoms. The Hall–Kier alpha value is -3.59. The van der Waals surface area contributed by atoms with Crippen LogP contribution in [0.25, 0.3) is 11.1 Å². The van der Waals surface area contributed by atoms with Gasteiger partial charge in [0.05, 0.1) is 27.0 Å². The largest absolute Gasteiger partial charge is 0.493 e. The van der Waals surface area contributed by atoms with Gasteiger partial charge in [-0.05, 0) is 23.8 Å². The number of methoxy groups -OCH3 is 3. The number of anilines is 1. The number of thiophene rings is 1. The molecule has 1 aromatic heterocycles. The SMILES string of the molecule is COc1ccc(C2CC(=O)Nc3c2sc(C(=O)O)c3-c2cccc(F)c2)c(OC)c1OC. The monoisotopic (exact) mass is 457 g/mol. The number of amides is 1. The van der Waals surface area contributed by atoms with Crippen LogP contribution in [0.1, 0.15) is 32.5 Å². The van der Waals surface area contributed by atoms with Crippen LogP contribution in [0, 0.1) is 5.82 Å². The minimum Gasteiger partial charge on any atom is -0.493 e. The Morgan fingerprint density at radius 3 is 2.50 bits per heavy atom. The van der Waals surface area contributed by atoms with E-state index in [4.69, 9.17) is 14.2 Å². The second kappa shape index (κ2) is 8.51. The van der Waals surface area contributed by atoms with Crippen molar-refractivity contribution in [2.75, 3.05) is 26.6 Å². The first-order valence-corrected chi connectivity index (χ1v) is 10.5. The number of carboxylic acid groups (broad SMARTS) is 1. The molecule has 7 nitrogen and oxygen atoms in total. The summed E-state index contributed by atoms with van der Waals surface area (Å²) in [6.07, 6.45) is 0.0843. The van der Waals surface area contributed by atoms with Crippen molar-refractivity contribution in [3.63, 3.8) is 0 Å². The van der Waals surface area contributed by atoms with Gasteiger partial charge in [-0.15, -0.1) is 11.3 Å². The molecule has 1 aliphatic heterocycles. The zero-order chi connectivity index (χ0) is 23.0. The maximum atomic E-state index is 13.9. The van der Waals surface area contributed by atoms with E-state index in [2.05, 4.69) is 5.32 Å². The lowest BCUT2D eigenvalue weighted by atomic mass is 9.87. The molecule has 2 aromatic carbocycles. The zero-order valence-corrected chi connectivity index (χ0v) is 18.3. The number of carbonyl (C=O) groups is 2. The molecular weight excluding hydrogens is 437 g/mol. The normalized spacial score (nSPS) is 15.0. The van der Waals surface area contributed by atoms with Gasteiger partial charge in [0.25, 0.3) is 0 Å². The van der Waals surface area contributed by atoms with Crippen LogP contribution >= 0.6 is 11.3 Å². The number of rotatable bonds is 6. The Bertz CT molecular complexity index is 1220. The molecule has 0 fully saturated rings. The maximum Gasteiger partial charge on any atom is 0.346 e. The van der Waals surface area contributed by atoms with Crippen molar-refractivity contribution in [2.24, 2.45) is 0 Å². The van der Waals surface area contributed by atoms with Gasteiger partial charge in [0.15, 0.2) is 11.5 Å². The quantitative estimate of drug-likeness (QED) is 0.555. The Kier molecular flexibility index (Phi) is 5.75. The van der Waals surface area contributed by atoms with Crippen LogP contribution in [0.4, 0.5) is 10.1 Å². The zero-order valence-electron chi connectivity index (χ0n) is 17.5. The molecule has 3 aromatic rings. The third kappa shape index (κ3) is 3.54. The lowest BCUT2D eigenvalue weighted by Crippen LogP contribution is -2.23. The lowest BCUT2D eigenvalue weighted by Gasteiger charge is -2.26. The third-order valence-corrected chi connectivity index (χ3v) is 6.61. The predicted molar refractivity (Wildman–Crippen MR) is 118 cm³/mol. The topological polar surface area (TPSA) is 94.1 Å². The molecule has 32 heavy (non-hydrogen) atoms. The van der Waals surface area contributed by atoms with Crippen LogP contribution in [0.15, 0.2) is 36.4 Å². The van der Waals surface area contributed by atoms with Crippen molar-refractivity contribution in [2.45, 2.75) is 12.3 Å². The molecule has 2 heterocycles. The van der Waals surface area contributed by atoms with Gasteiger partial charge in [0, 0.05) is 28.3 Å². The van der Waals surface area contributed by atoms with Crippen molar-refractivity contribution >= 4 is 28.9 Å². The average Bonchev–Trinajstić information content (AvgIpc) is 3.17. The first kappa shape index (κ1) is 21.6. The summed E-state index contributed by atoms with van der Waals surface area (Å²) < 4.78 is 30.3. The molecule has 4 rings (SSSR count). The van der Waals surface area contributed by atoms with E-state index in [0.29, 0.717) is 38.9 Å². The van der Waals surface area contributed by atoms with Crippen LogP contribution in [0.3, 0.4) is 0 Å². The summed E-state index contributed by atoms with van der Waals surface area (Å²) in [4.78, 5) is 25.4. The number of ether oxygens (including phenoxy) is 3. The van der Waals surface area contributed by atoms with E-state index in [1.165, 1.54) is 39.5 Å². The van der Waals surface area contributed by atoms with Crippen LogP contribution in [-0.2, 0) is 4.79 Å². The lowest BCUT2D eigenvalue weighted by molar-refractivity contribution is -0.116. The fourth-order valence-electron chi connectivity index (χ4n) is 4.01. The summed E-state index contributed by atoms with van der Waals surface area (Å²) >= 11 is 1.05. The first-order valence-electron chi connectivity index (χ1n) is 9.64. The highest BCUT2D eigenvalue weighted by molar-refractivity contribution is 7.15. The third-order valence-electron chi connectivity index (χ3n) is 5.32. The fraction of sp³-hybridized carbons (Fsp3) is 0.217. The Labute approximate surface area is 187 Å². The summed E-state index contributed by atoms with van der Waals surface area (Å²) in [6.45, 7) is 0. The summed E-state index contributed by atoms with van der Waals surface area (Å²) in [5.41, 5.74) is 1.69. The standard InChI is InChI=1S/C23H20FNO6S/c1-29-15-8-7-13(19(30-2)20(15)31-3)14-10-16(26)25-18-17(11-5-4-6-12(24)9-11)22(23(27)28)32-21(14)18/h4-9,14H,10H2,1-3H3,(H,25,26)(H,27,28). The van der Waals surface area contributed by atoms with E-state index in [1.807, 2.05) is 0 Å². The molecule has 166 valence electrons. The van der Waals surface area contributed by atoms with E-state index in [1.54, 1.807) is 18.2 Å². The molecule has 2 N–H and O–H groups in total. The highest BCUT2D eigenvalue weighted by Gasteiger charge is 2.36. The van der Waals surface area contributed by atoms with Gasteiger partial charge >= 0.3 is 5.97 Å². The molecule has 0 aliphatic carbocycles. The minimum atomic E-state index is -1.16. The van der Waals surface area contributed by atoms with Gasteiger partial charge in [0.1, 0.15) is 10.7 Å². The molecule has 0 saturated heterocycles. The molecule has 0 radical (unpaired) electrons. The van der Waals surface area contributed by atoms with Crippen LogP contribution in [0.5, 0.6) is 17.2 Å². The van der Waals surface area contributed by atoms with E-state index < -0.39 is 17.7 Å². The highest BCUT2D eigenvalue weighted by atomic mass is 32.1. The number of aromatic carboxylic acids is 1. The minimum absolute atomic E-state index is 0.0206. The van der Waals surface area contributed by atoms with Crippen LogP contribution in [-0.4, -0.2) is 38.3 Å². The number of nitrogens with one attached hydrogen (secondary N) is 1. The Balaban J connectivity index is 1.97. The van der Waals surface area contributed by atoms with Crippen LogP contribution < -0.4 is 19.5 Å². The molecule has 1 aliphatic rings. The number of halogens is 1. The number of hydrogen-bond donors (Lipinski definition) is 2. The van der Waals surface area contributed by atoms with Crippen LogP contribution in [0.2, 0.25) is 0 Å². The highest BCUT2D eigenvalue weighted by Crippen LogP contribution is 2.53. The molecule has 0 spiro atoms. The van der Waals surface area contributed by atoms with Gasteiger partial charge in [-0.1, -0.05) is 18.2 Å². The van der Waals surface area contributed by atoms with E-state index in [9.17, 15) is 19.1 Å². The smallest absolute Gasteiger partial charge is 0.346 e. The van der Waals surface area contributed by atoms with E-state index >= 15 is 0 Å². The molecule has 0 saturated carbocycles. The van der Waals surface area contributed by atoms with Gasteiger partial charge in [-0.25, -0.2) is 9.18 Å². The first-order chi connectivity index (χ1) is 15.4. The van der Waals surface area contributed by atoms with Crippen molar-refractivity contribution < 1.29 is 33.3 Å². The summed E-state index contributed by atoms with van der Waals surface area (Å²) in [6, 6.07) is 9.13. The van der Waals surface area contributed by atoms with Gasteiger partial charge in [0.2, 0.25) is 11.7 Å². The molecule has 1 atom stereocenters. The average molecular weight is 457 g/mol. The predicted octanol–water partition coefficient (Wildman–Crippen LogP) is 4.75.